The molecule has 0 aliphatic carbocycles. The summed E-state index contributed by atoms with van der Waals surface area (Å²) in [7, 11) is 0. The molecule has 174 valence electrons. The second kappa shape index (κ2) is 11.3. The van der Waals surface area contributed by atoms with E-state index < -0.39 is 0 Å². The highest BCUT2D eigenvalue weighted by atomic mass is 35.5. The van der Waals surface area contributed by atoms with Crippen LogP contribution in [0.4, 0.5) is 11.4 Å². The number of nitrogens with one attached hydrogen (secondary N) is 1. The van der Waals surface area contributed by atoms with Crippen molar-refractivity contribution in [3.05, 3.63) is 82.4 Å². The van der Waals surface area contributed by atoms with Gasteiger partial charge in [0.2, 0.25) is 0 Å². The zero-order chi connectivity index (χ0) is 23.0. The minimum atomic E-state index is 0.444. The van der Waals surface area contributed by atoms with Crippen LogP contribution in [0.15, 0.2) is 60.7 Å². The Kier molecular flexibility index (Phi) is 7.97. The molecule has 3 aromatic carbocycles. The first kappa shape index (κ1) is 23.3. The number of hydrogen-bond donors (Lipinski definition) is 1. The van der Waals surface area contributed by atoms with Crippen molar-refractivity contribution in [2.45, 2.75) is 27.0 Å². The van der Waals surface area contributed by atoms with E-state index in [1.165, 1.54) is 11.3 Å². The van der Waals surface area contributed by atoms with E-state index in [1.54, 1.807) is 0 Å². The molecule has 5 nitrogen and oxygen atoms in total. The summed E-state index contributed by atoms with van der Waals surface area (Å²) in [4.78, 5) is 2.34. The summed E-state index contributed by atoms with van der Waals surface area (Å²) in [6.07, 6.45) is 0. The standard InChI is InChI=1S/C27H31ClN2O3/c1-3-32-26-17-21(16-25(28)27(26)33-19-22-7-5-4-6-20(22)2)18-29-23-8-10-24(11-9-23)30-12-14-31-15-13-30/h4-11,16-17,29H,3,12-15,18-19H2,1-2H3. The smallest absolute Gasteiger partial charge is 0.180 e. The van der Waals surface area contributed by atoms with Crippen molar-refractivity contribution in [1.29, 1.82) is 0 Å². The van der Waals surface area contributed by atoms with Gasteiger partial charge in [-0.15, -0.1) is 0 Å². The van der Waals surface area contributed by atoms with Crippen molar-refractivity contribution in [3.8, 4) is 11.5 Å². The molecule has 1 heterocycles. The van der Waals surface area contributed by atoms with Gasteiger partial charge in [0.05, 0.1) is 24.8 Å². The number of ether oxygens (including phenoxy) is 3. The number of nitrogens with zero attached hydrogens (tertiary/aromatic N) is 1. The zero-order valence-corrected chi connectivity index (χ0v) is 20.0. The monoisotopic (exact) mass is 466 g/mol. The van der Waals surface area contributed by atoms with Gasteiger partial charge in [0.25, 0.3) is 0 Å². The van der Waals surface area contributed by atoms with Gasteiger partial charge in [-0.1, -0.05) is 35.9 Å². The maximum atomic E-state index is 6.62. The molecule has 1 aliphatic rings. The molecule has 1 saturated heterocycles. The second-order valence-electron chi connectivity index (χ2n) is 8.05. The average molecular weight is 467 g/mol. The summed E-state index contributed by atoms with van der Waals surface area (Å²) in [5.41, 5.74) is 5.62. The number of morpholine rings is 1. The molecule has 6 heteroatoms. The Balaban J connectivity index is 1.42. The van der Waals surface area contributed by atoms with Crippen LogP contribution in [0.1, 0.15) is 23.6 Å². The Hall–Kier alpha value is -2.89. The molecule has 0 saturated carbocycles. The Morgan fingerprint density at radius 2 is 1.76 bits per heavy atom. The van der Waals surface area contributed by atoms with E-state index in [2.05, 4.69) is 53.5 Å². The number of aryl methyl sites for hydroxylation is 1. The lowest BCUT2D eigenvalue weighted by atomic mass is 10.1. The number of anilines is 2. The molecule has 0 spiro atoms. The molecule has 1 fully saturated rings. The molecule has 1 aliphatic heterocycles. The third-order valence-corrected chi connectivity index (χ3v) is 6.02. The van der Waals surface area contributed by atoms with E-state index in [-0.39, 0.29) is 0 Å². The topological polar surface area (TPSA) is 43.0 Å². The molecule has 0 amide bonds. The lowest BCUT2D eigenvalue weighted by Crippen LogP contribution is -2.36. The lowest BCUT2D eigenvalue weighted by Gasteiger charge is -2.29. The molecular formula is C27H31ClN2O3. The van der Waals surface area contributed by atoms with Crippen molar-refractivity contribution in [3.63, 3.8) is 0 Å². The van der Waals surface area contributed by atoms with Gasteiger partial charge < -0.3 is 24.4 Å². The minimum absolute atomic E-state index is 0.444. The second-order valence-corrected chi connectivity index (χ2v) is 8.46. The van der Waals surface area contributed by atoms with Gasteiger partial charge in [-0.05, 0) is 66.9 Å². The van der Waals surface area contributed by atoms with Gasteiger partial charge in [0.1, 0.15) is 6.61 Å². The summed E-state index contributed by atoms with van der Waals surface area (Å²) in [6, 6.07) is 20.6. The number of benzene rings is 3. The van der Waals surface area contributed by atoms with Crippen LogP contribution in [0.3, 0.4) is 0 Å². The van der Waals surface area contributed by atoms with E-state index in [9.17, 15) is 0 Å². The largest absolute Gasteiger partial charge is 0.490 e. The molecule has 3 aromatic rings. The Labute approximate surface area is 201 Å². The third kappa shape index (κ3) is 6.12. The quantitative estimate of drug-likeness (QED) is 0.414. The van der Waals surface area contributed by atoms with E-state index >= 15 is 0 Å². The predicted octanol–water partition coefficient (Wildman–Crippen LogP) is 6.07. The van der Waals surface area contributed by atoms with Crippen LogP contribution in [0.25, 0.3) is 0 Å². The van der Waals surface area contributed by atoms with Crippen LogP contribution in [0.5, 0.6) is 11.5 Å². The van der Waals surface area contributed by atoms with Crippen molar-refractivity contribution in [2.75, 3.05) is 43.1 Å². The van der Waals surface area contributed by atoms with Crippen LogP contribution < -0.4 is 19.7 Å². The van der Waals surface area contributed by atoms with Crippen molar-refractivity contribution < 1.29 is 14.2 Å². The number of hydrogen-bond acceptors (Lipinski definition) is 5. The highest BCUT2D eigenvalue weighted by Gasteiger charge is 2.14. The normalized spacial score (nSPS) is 13.6. The first-order chi connectivity index (χ1) is 16.1. The SMILES string of the molecule is CCOc1cc(CNc2ccc(N3CCOCC3)cc2)cc(Cl)c1OCc1ccccc1C. The van der Waals surface area contributed by atoms with Crippen molar-refractivity contribution in [2.24, 2.45) is 0 Å². The van der Waals surface area contributed by atoms with Crippen LogP contribution in [-0.4, -0.2) is 32.9 Å². The number of halogens is 1. The Morgan fingerprint density at radius 3 is 2.48 bits per heavy atom. The van der Waals surface area contributed by atoms with E-state index in [1.807, 2.05) is 31.2 Å². The van der Waals surface area contributed by atoms with E-state index in [0.717, 1.165) is 43.1 Å². The van der Waals surface area contributed by atoms with Crippen LogP contribution in [0.2, 0.25) is 5.02 Å². The Morgan fingerprint density at radius 1 is 1.00 bits per heavy atom. The van der Waals surface area contributed by atoms with Gasteiger partial charge >= 0.3 is 0 Å². The number of rotatable bonds is 9. The van der Waals surface area contributed by atoms with E-state index in [0.29, 0.717) is 36.3 Å². The summed E-state index contributed by atoms with van der Waals surface area (Å²) in [6.45, 7) is 9.09. The summed E-state index contributed by atoms with van der Waals surface area (Å²) >= 11 is 6.62. The van der Waals surface area contributed by atoms with Crippen molar-refractivity contribution >= 4 is 23.0 Å². The minimum Gasteiger partial charge on any atom is -0.490 e. The molecular weight excluding hydrogens is 436 g/mol. The fourth-order valence-electron chi connectivity index (χ4n) is 3.86. The molecule has 0 unspecified atom stereocenters. The Bertz CT molecular complexity index is 1050. The molecule has 0 atom stereocenters. The zero-order valence-electron chi connectivity index (χ0n) is 19.3. The highest BCUT2D eigenvalue weighted by Crippen LogP contribution is 2.37. The maximum absolute atomic E-state index is 6.62. The fourth-order valence-corrected chi connectivity index (χ4v) is 4.15. The lowest BCUT2D eigenvalue weighted by molar-refractivity contribution is 0.122. The van der Waals surface area contributed by atoms with Gasteiger partial charge in [-0.3, -0.25) is 0 Å². The molecule has 1 N–H and O–H groups in total. The van der Waals surface area contributed by atoms with Gasteiger partial charge in [-0.2, -0.15) is 0 Å². The maximum Gasteiger partial charge on any atom is 0.180 e. The summed E-state index contributed by atoms with van der Waals surface area (Å²) < 4.78 is 17.4. The highest BCUT2D eigenvalue weighted by molar-refractivity contribution is 6.32. The fraction of sp³-hybridized carbons (Fsp3) is 0.333. The summed E-state index contributed by atoms with van der Waals surface area (Å²) in [5.74, 6) is 1.25. The first-order valence-corrected chi connectivity index (χ1v) is 11.8. The first-order valence-electron chi connectivity index (χ1n) is 11.4. The van der Waals surface area contributed by atoms with Crippen LogP contribution in [0, 0.1) is 6.92 Å². The molecule has 4 rings (SSSR count). The predicted molar refractivity (Wildman–Crippen MR) is 135 cm³/mol. The summed E-state index contributed by atoms with van der Waals surface area (Å²) in [5, 5.41) is 4.02. The average Bonchev–Trinajstić information content (AvgIpc) is 2.84. The van der Waals surface area contributed by atoms with Crippen LogP contribution in [-0.2, 0) is 17.9 Å². The van der Waals surface area contributed by atoms with Gasteiger partial charge in [0.15, 0.2) is 11.5 Å². The molecule has 0 aromatic heterocycles. The van der Waals surface area contributed by atoms with Gasteiger partial charge in [-0.25, -0.2) is 0 Å². The third-order valence-electron chi connectivity index (χ3n) is 5.74. The van der Waals surface area contributed by atoms with Crippen molar-refractivity contribution in [1.82, 2.24) is 0 Å². The van der Waals surface area contributed by atoms with E-state index in [4.69, 9.17) is 25.8 Å². The molecule has 33 heavy (non-hydrogen) atoms. The molecule has 0 bridgehead atoms. The van der Waals surface area contributed by atoms with Gasteiger partial charge in [0, 0.05) is 31.0 Å². The van der Waals surface area contributed by atoms with Crippen LogP contribution >= 0.6 is 11.6 Å². The molecule has 0 radical (unpaired) electrons.